The van der Waals surface area contributed by atoms with E-state index < -0.39 is 0 Å². The van der Waals surface area contributed by atoms with E-state index in [0.717, 1.165) is 22.4 Å². The molecule has 1 aromatic carbocycles. The van der Waals surface area contributed by atoms with Gasteiger partial charge in [0.1, 0.15) is 13.2 Å². The Balaban J connectivity index is 2.47. The quantitative estimate of drug-likeness (QED) is 0.895. The zero-order valence-corrected chi connectivity index (χ0v) is 10.3. The zero-order chi connectivity index (χ0) is 10.8. The summed E-state index contributed by atoms with van der Waals surface area (Å²) >= 11 is 3.54. The molecule has 0 saturated heterocycles. The van der Waals surface area contributed by atoms with E-state index in [1.54, 1.807) is 0 Å². The van der Waals surface area contributed by atoms with Crippen molar-refractivity contribution in [3.63, 3.8) is 0 Å². The molecule has 0 amide bonds. The van der Waals surface area contributed by atoms with Crippen molar-refractivity contribution in [3.8, 4) is 11.5 Å². The van der Waals surface area contributed by atoms with Crippen LogP contribution in [0.4, 0.5) is 0 Å². The number of nitrogens with two attached hydrogens (primary N) is 1. The highest BCUT2D eigenvalue weighted by Gasteiger charge is 2.18. The molecule has 0 atom stereocenters. The maximum Gasteiger partial charge on any atom is 0.175 e. The Kier molecular flexibility index (Phi) is 3.17. The predicted octanol–water partition coefficient (Wildman–Crippen LogP) is 2.03. The number of benzene rings is 1. The SMILES string of the molecule is Cc1c(CCN)cc2c(c1Br)OCCO2. The average molecular weight is 272 g/mol. The summed E-state index contributed by atoms with van der Waals surface area (Å²) in [5, 5.41) is 0. The molecule has 0 saturated carbocycles. The van der Waals surface area contributed by atoms with Crippen LogP contribution >= 0.6 is 15.9 Å². The first-order valence-electron chi connectivity index (χ1n) is 5.01. The van der Waals surface area contributed by atoms with Crippen LogP contribution in [0.1, 0.15) is 11.1 Å². The molecule has 1 aliphatic heterocycles. The summed E-state index contributed by atoms with van der Waals surface area (Å²) < 4.78 is 12.1. The van der Waals surface area contributed by atoms with Crippen LogP contribution in [0.25, 0.3) is 0 Å². The molecule has 0 fully saturated rings. The van der Waals surface area contributed by atoms with Gasteiger partial charge in [0.2, 0.25) is 0 Å². The maximum atomic E-state index is 5.57. The van der Waals surface area contributed by atoms with Gasteiger partial charge in [-0.3, -0.25) is 0 Å². The van der Waals surface area contributed by atoms with Crippen molar-refractivity contribution in [3.05, 3.63) is 21.7 Å². The van der Waals surface area contributed by atoms with Crippen LogP contribution in [0, 0.1) is 6.92 Å². The number of halogens is 1. The first-order chi connectivity index (χ1) is 7.24. The van der Waals surface area contributed by atoms with Crippen LogP contribution < -0.4 is 15.2 Å². The predicted molar refractivity (Wildman–Crippen MR) is 62.6 cm³/mol. The van der Waals surface area contributed by atoms with Crippen LogP contribution in [0.3, 0.4) is 0 Å². The average Bonchev–Trinajstić information content (AvgIpc) is 2.26. The van der Waals surface area contributed by atoms with E-state index in [0.29, 0.717) is 19.8 Å². The van der Waals surface area contributed by atoms with Crippen LogP contribution in [-0.2, 0) is 6.42 Å². The lowest BCUT2D eigenvalue weighted by molar-refractivity contribution is 0.170. The number of ether oxygens (including phenoxy) is 2. The molecule has 0 spiro atoms. The summed E-state index contributed by atoms with van der Waals surface area (Å²) in [4.78, 5) is 0. The Bertz CT molecular complexity index is 379. The summed E-state index contributed by atoms with van der Waals surface area (Å²) in [5.74, 6) is 1.64. The molecule has 82 valence electrons. The van der Waals surface area contributed by atoms with Crippen molar-refractivity contribution in [1.29, 1.82) is 0 Å². The van der Waals surface area contributed by atoms with Crippen molar-refractivity contribution < 1.29 is 9.47 Å². The lowest BCUT2D eigenvalue weighted by atomic mass is 10.0. The number of hydrogen-bond acceptors (Lipinski definition) is 3. The van der Waals surface area contributed by atoms with E-state index in [-0.39, 0.29) is 0 Å². The molecule has 1 aromatic rings. The Morgan fingerprint density at radius 1 is 1.40 bits per heavy atom. The van der Waals surface area contributed by atoms with Gasteiger partial charge in [0.05, 0.1) is 4.47 Å². The molecule has 2 N–H and O–H groups in total. The maximum absolute atomic E-state index is 5.57. The van der Waals surface area contributed by atoms with Crippen LogP contribution in [0.5, 0.6) is 11.5 Å². The highest BCUT2D eigenvalue weighted by Crippen LogP contribution is 2.41. The molecule has 2 rings (SSSR count). The molecule has 0 bridgehead atoms. The fraction of sp³-hybridized carbons (Fsp3) is 0.455. The van der Waals surface area contributed by atoms with Crippen LogP contribution in [-0.4, -0.2) is 19.8 Å². The zero-order valence-electron chi connectivity index (χ0n) is 8.68. The minimum atomic E-state index is 0.612. The lowest BCUT2D eigenvalue weighted by Gasteiger charge is -2.22. The van der Waals surface area contributed by atoms with E-state index >= 15 is 0 Å². The first kappa shape index (κ1) is 10.8. The molecule has 0 unspecified atom stereocenters. The van der Waals surface area contributed by atoms with Gasteiger partial charge >= 0.3 is 0 Å². The second kappa shape index (κ2) is 4.41. The van der Waals surface area contributed by atoms with E-state index in [2.05, 4.69) is 22.9 Å². The minimum absolute atomic E-state index is 0.612. The van der Waals surface area contributed by atoms with Crippen LogP contribution in [0.15, 0.2) is 10.5 Å². The molecule has 0 aliphatic carbocycles. The summed E-state index contributed by atoms with van der Waals surface area (Å²) in [6.45, 7) is 3.94. The van der Waals surface area contributed by atoms with E-state index in [4.69, 9.17) is 15.2 Å². The summed E-state index contributed by atoms with van der Waals surface area (Å²) in [6.07, 6.45) is 0.862. The number of rotatable bonds is 2. The van der Waals surface area contributed by atoms with Gasteiger partial charge in [-0.2, -0.15) is 0 Å². The number of fused-ring (bicyclic) bond motifs is 1. The third-order valence-corrected chi connectivity index (χ3v) is 3.50. The Labute approximate surface area is 97.7 Å². The van der Waals surface area contributed by atoms with Gasteiger partial charge in [0.15, 0.2) is 11.5 Å². The third kappa shape index (κ3) is 1.96. The Morgan fingerprint density at radius 3 is 2.87 bits per heavy atom. The second-order valence-electron chi connectivity index (χ2n) is 3.54. The van der Waals surface area contributed by atoms with E-state index in [9.17, 15) is 0 Å². The smallest absolute Gasteiger partial charge is 0.175 e. The molecular formula is C11H14BrNO2. The van der Waals surface area contributed by atoms with E-state index in [1.807, 2.05) is 6.07 Å². The largest absolute Gasteiger partial charge is 0.486 e. The normalized spacial score (nSPS) is 14.1. The molecule has 15 heavy (non-hydrogen) atoms. The van der Waals surface area contributed by atoms with Gasteiger partial charge in [-0.1, -0.05) is 0 Å². The fourth-order valence-electron chi connectivity index (χ4n) is 1.70. The Morgan fingerprint density at radius 2 is 2.13 bits per heavy atom. The fourth-order valence-corrected chi connectivity index (χ4v) is 2.27. The number of hydrogen-bond donors (Lipinski definition) is 1. The highest BCUT2D eigenvalue weighted by molar-refractivity contribution is 9.10. The summed E-state index contributed by atoms with van der Waals surface area (Å²) in [7, 11) is 0. The van der Waals surface area contributed by atoms with Gasteiger partial charge in [-0.25, -0.2) is 0 Å². The highest BCUT2D eigenvalue weighted by atomic mass is 79.9. The van der Waals surface area contributed by atoms with Crippen molar-refractivity contribution in [2.75, 3.05) is 19.8 Å². The van der Waals surface area contributed by atoms with Gasteiger partial charge in [0, 0.05) is 0 Å². The van der Waals surface area contributed by atoms with Gasteiger partial charge in [-0.15, -0.1) is 0 Å². The van der Waals surface area contributed by atoms with E-state index in [1.165, 1.54) is 11.1 Å². The van der Waals surface area contributed by atoms with Crippen LogP contribution in [0.2, 0.25) is 0 Å². The second-order valence-corrected chi connectivity index (χ2v) is 4.33. The molecule has 3 nitrogen and oxygen atoms in total. The molecule has 4 heteroatoms. The Hall–Kier alpha value is -0.740. The van der Waals surface area contributed by atoms with Gasteiger partial charge in [-0.05, 0) is 53.0 Å². The third-order valence-electron chi connectivity index (χ3n) is 2.54. The summed E-state index contributed by atoms with van der Waals surface area (Å²) in [5.41, 5.74) is 7.97. The molecular weight excluding hydrogens is 258 g/mol. The van der Waals surface area contributed by atoms with Crippen molar-refractivity contribution in [2.24, 2.45) is 5.73 Å². The van der Waals surface area contributed by atoms with Crippen molar-refractivity contribution >= 4 is 15.9 Å². The molecule has 0 radical (unpaired) electrons. The molecule has 1 heterocycles. The standard InChI is InChI=1S/C11H14BrNO2/c1-7-8(2-3-13)6-9-11(10(7)12)15-5-4-14-9/h6H,2-5,13H2,1H3. The van der Waals surface area contributed by atoms with Crippen molar-refractivity contribution in [1.82, 2.24) is 0 Å². The summed E-state index contributed by atoms with van der Waals surface area (Å²) in [6, 6.07) is 2.03. The minimum Gasteiger partial charge on any atom is -0.486 e. The topological polar surface area (TPSA) is 44.5 Å². The molecule has 0 aromatic heterocycles. The first-order valence-corrected chi connectivity index (χ1v) is 5.81. The van der Waals surface area contributed by atoms with Crippen molar-refractivity contribution in [2.45, 2.75) is 13.3 Å². The lowest BCUT2D eigenvalue weighted by Crippen LogP contribution is -2.17. The monoisotopic (exact) mass is 271 g/mol. The van der Waals surface area contributed by atoms with Gasteiger partial charge in [0.25, 0.3) is 0 Å². The molecule has 1 aliphatic rings. The van der Waals surface area contributed by atoms with Gasteiger partial charge < -0.3 is 15.2 Å².